The lowest BCUT2D eigenvalue weighted by atomic mass is 10.1. The van der Waals surface area contributed by atoms with Crippen molar-refractivity contribution in [3.8, 4) is 0 Å². The molecule has 0 spiro atoms. The van der Waals surface area contributed by atoms with Crippen LogP contribution in [-0.4, -0.2) is 36.2 Å². The summed E-state index contributed by atoms with van der Waals surface area (Å²) in [5.41, 5.74) is 2.55. The van der Waals surface area contributed by atoms with Crippen LogP contribution in [0.3, 0.4) is 0 Å². The predicted octanol–water partition coefficient (Wildman–Crippen LogP) is 3.27. The van der Waals surface area contributed by atoms with E-state index in [4.69, 9.17) is 0 Å². The quantitative estimate of drug-likeness (QED) is 0.452. The van der Waals surface area contributed by atoms with Gasteiger partial charge in [0.05, 0.1) is 6.04 Å². The normalized spacial score (nSPS) is 12.9. The van der Waals surface area contributed by atoms with Crippen molar-refractivity contribution in [1.82, 2.24) is 16.0 Å². The molecule has 0 saturated heterocycles. The van der Waals surface area contributed by atoms with Gasteiger partial charge in [-0.05, 0) is 59.1 Å². The van der Waals surface area contributed by atoms with E-state index < -0.39 is 6.04 Å². The number of hydrogen-bond donors (Lipinski definition) is 3. The van der Waals surface area contributed by atoms with Crippen molar-refractivity contribution in [3.05, 3.63) is 35.4 Å². The van der Waals surface area contributed by atoms with Crippen molar-refractivity contribution >= 4 is 17.6 Å². The number of ketones is 2. The van der Waals surface area contributed by atoms with Gasteiger partial charge in [-0.2, -0.15) is 0 Å². The number of carbonyl (C=O) groups excluding carboxylic acids is 3. The van der Waals surface area contributed by atoms with Crippen LogP contribution in [0.5, 0.6) is 0 Å². The molecule has 0 radical (unpaired) electrons. The molecule has 1 aromatic carbocycles. The lowest BCUT2D eigenvalue weighted by molar-refractivity contribution is -0.119. The zero-order valence-electron chi connectivity index (χ0n) is 17.6. The molecule has 1 aromatic rings. The minimum absolute atomic E-state index is 0.0119. The van der Waals surface area contributed by atoms with Gasteiger partial charge >= 0.3 is 6.03 Å². The molecule has 156 valence electrons. The molecule has 0 bridgehead atoms. The molecular formula is C22H35N3O3. The fourth-order valence-electron chi connectivity index (χ4n) is 2.86. The van der Waals surface area contributed by atoms with Gasteiger partial charge in [0.2, 0.25) is 0 Å². The van der Waals surface area contributed by atoms with Gasteiger partial charge in [0.1, 0.15) is 5.78 Å². The Balaban J connectivity index is 2.16. The van der Waals surface area contributed by atoms with Crippen LogP contribution < -0.4 is 16.0 Å². The Kier molecular flexibility index (Phi) is 11.1. The molecule has 2 unspecified atom stereocenters. The number of hydrogen-bond acceptors (Lipinski definition) is 4. The molecule has 2 amide bonds. The van der Waals surface area contributed by atoms with Gasteiger partial charge in [0.15, 0.2) is 5.78 Å². The minimum Gasteiger partial charge on any atom is -0.336 e. The lowest BCUT2D eigenvalue weighted by Gasteiger charge is -2.19. The van der Waals surface area contributed by atoms with Crippen LogP contribution in [0, 0.1) is 6.92 Å². The number of Topliss-reactive ketones (excluding diaryl/α,β-unsaturated/α-hetero) is 2. The van der Waals surface area contributed by atoms with Crippen LogP contribution >= 0.6 is 0 Å². The molecule has 28 heavy (non-hydrogen) atoms. The van der Waals surface area contributed by atoms with E-state index >= 15 is 0 Å². The molecule has 0 aromatic heterocycles. The van der Waals surface area contributed by atoms with E-state index in [1.54, 1.807) is 0 Å². The fraction of sp³-hybridized carbons (Fsp3) is 0.591. The van der Waals surface area contributed by atoms with Crippen molar-refractivity contribution in [2.24, 2.45) is 0 Å². The van der Waals surface area contributed by atoms with E-state index in [1.807, 2.05) is 6.92 Å². The first-order valence-corrected chi connectivity index (χ1v) is 10.1. The minimum atomic E-state index is -0.609. The zero-order chi connectivity index (χ0) is 20.9. The van der Waals surface area contributed by atoms with Crippen LogP contribution in [0.1, 0.15) is 64.0 Å². The summed E-state index contributed by atoms with van der Waals surface area (Å²) >= 11 is 0. The molecule has 6 heteroatoms. The third-order valence-electron chi connectivity index (χ3n) is 4.65. The summed E-state index contributed by atoms with van der Waals surface area (Å²) in [6.07, 6.45) is 3.55. The number of aryl methyl sites for hydroxylation is 1. The molecule has 6 nitrogen and oxygen atoms in total. The number of benzene rings is 1. The Hall–Kier alpha value is -2.21. The Morgan fingerprint density at radius 1 is 0.964 bits per heavy atom. The van der Waals surface area contributed by atoms with Crippen molar-refractivity contribution in [2.75, 3.05) is 6.54 Å². The summed E-state index contributed by atoms with van der Waals surface area (Å²) in [6, 6.07) is 7.57. The first-order chi connectivity index (χ1) is 13.3. The Morgan fingerprint density at radius 3 is 2.25 bits per heavy atom. The van der Waals surface area contributed by atoms with Gasteiger partial charge in [-0.1, -0.05) is 36.2 Å². The van der Waals surface area contributed by atoms with Crippen LogP contribution in [0.4, 0.5) is 4.79 Å². The Morgan fingerprint density at radius 2 is 1.64 bits per heavy atom. The third-order valence-corrected chi connectivity index (χ3v) is 4.65. The largest absolute Gasteiger partial charge is 0.336 e. The van der Waals surface area contributed by atoms with Gasteiger partial charge in [0.25, 0.3) is 0 Å². The summed E-state index contributed by atoms with van der Waals surface area (Å²) in [5.74, 6) is -0.124. The van der Waals surface area contributed by atoms with Crippen LogP contribution in [-0.2, 0) is 16.1 Å². The number of nitrogens with one attached hydrogen (secondary N) is 3. The second kappa shape index (κ2) is 13.0. The van der Waals surface area contributed by atoms with Crippen LogP contribution in [0.25, 0.3) is 0 Å². The van der Waals surface area contributed by atoms with Gasteiger partial charge in [-0.3, -0.25) is 4.79 Å². The van der Waals surface area contributed by atoms with Crippen LogP contribution in [0.15, 0.2) is 24.3 Å². The topological polar surface area (TPSA) is 87.3 Å². The monoisotopic (exact) mass is 389 g/mol. The molecular weight excluding hydrogens is 354 g/mol. The van der Waals surface area contributed by atoms with Gasteiger partial charge in [-0.15, -0.1) is 0 Å². The second-order valence-electron chi connectivity index (χ2n) is 7.58. The molecule has 0 aliphatic heterocycles. The Labute approximate surface area is 168 Å². The average Bonchev–Trinajstić information content (AvgIpc) is 2.62. The van der Waals surface area contributed by atoms with Gasteiger partial charge < -0.3 is 20.7 Å². The van der Waals surface area contributed by atoms with Crippen molar-refractivity contribution < 1.29 is 14.4 Å². The van der Waals surface area contributed by atoms with Crippen LogP contribution in [0.2, 0.25) is 0 Å². The molecule has 0 fully saturated rings. The van der Waals surface area contributed by atoms with Gasteiger partial charge in [-0.25, -0.2) is 4.79 Å². The van der Waals surface area contributed by atoms with E-state index in [0.29, 0.717) is 6.42 Å². The smallest absolute Gasteiger partial charge is 0.315 e. The Bertz CT molecular complexity index is 628. The van der Waals surface area contributed by atoms with E-state index in [0.717, 1.165) is 32.4 Å². The third kappa shape index (κ3) is 10.8. The highest BCUT2D eigenvalue weighted by atomic mass is 16.2. The van der Waals surface area contributed by atoms with Crippen molar-refractivity contribution in [3.63, 3.8) is 0 Å². The molecule has 2 atom stereocenters. The standard InChI is InChI=1S/C22H35N3O3/c1-16-8-11-20(12-9-16)15-23-14-6-5-7-17(2)24-22(28)25-21(19(4)27)13-10-18(3)26/h8-9,11-12,17,21,23H,5-7,10,13-15H2,1-4H3,(H2,24,25,28). The van der Waals surface area contributed by atoms with E-state index in [2.05, 4.69) is 47.1 Å². The molecule has 3 N–H and O–H groups in total. The maximum absolute atomic E-state index is 12.1. The zero-order valence-corrected chi connectivity index (χ0v) is 17.6. The molecule has 0 aliphatic rings. The molecule has 1 rings (SSSR count). The fourth-order valence-corrected chi connectivity index (χ4v) is 2.86. The molecule has 0 saturated carbocycles. The highest BCUT2D eigenvalue weighted by Crippen LogP contribution is 2.04. The van der Waals surface area contributed by atoms with E-state index in [-0.39, 0.29) is 30.1 Å². The van der Waals surface area contributed by atoms with Gasteiger partial charge in [0, 0.05) is 19.0 Å². The maximum Gasteiger partial charge on any atom is 0.315 e. The summed E-state index contributed by atoms with van der Waals surface area (Å²) in [7, 11) is 0. The first kappa shape index (κ1) is 23.8. The number of rotatable bonds is 13. The predicted molar refractivity (Wildman–Crippen MR) is 112 cm³/mol. The summed E-state index contributed by atoms with van der Waals surface area (Å²) in [5, 5.41) is 8.97. The lowest BCUT2D eigenvalue weighted by Crippen LogP contribution is -2.48. The first-order valence-electron chi connectivity index (χ1n) is 10.1. The number of amides is 2. The molecule has 0 aliphatic carbocycles. The van der Waals surface area contributed by atoms with Crippen molar-refractivity contribution in [1.29, 1.82) is 0 Å². The SMILES string of the molecule is CC(=O)CCC(NC(=O)NC(C)CCCCNCc1ccc(C)cc1)C(C)=O. The van der Waals surface area contributed by atoms with E-state index in [9.17, 15) is 14.4 Å². The van der Waals surface area contributed by atoms with E-state index in [1.165, 1.54) is 25.0 Å². The molecule has 0 heterocycles. The summed E-state index contributed by atoms with van der Waals surface area (Å²) in [4.78, 5) is 34.7. The second-order valence-corrected chi connectivity index (χ2v) is 7.58. The number of urea groups is 1. The number of unbranched alkanes of at least 4 members (excludes halogenated alkanes) is 1. The maximum atomic E-state index is 12.1. The van der Waals surface area contributed by atoms with Crippen molar-refractivity contribution in [2.45, 2.75) is 78.4 Å². The average molecular weight is 390 g/mol. The summed E-state index contributed by atoms with van der Waals surface area (Å²) in [6.45, 7) is 8.75. The summed E-state index contributed by atoms with van der Waals surface area (Å²) < 4.78 is 0. The highest BCUT2D eigenvalue weighted by molar-refractivity contribution is 5.87. The highest BCUT2D eigenvalue weighted by Gasteiger charge is 2.18. The number of carbonyl (C=O) groups is 3.